The Kier molecular flexibility index (Phi) is 3.39. The number of fused-ring (bicyclic) bond motifs is 1. The van der Waals surface area contributed by atoms with E-state index in [4.69, 9.17) is 11.6 Å². The van der Waals surface area contributed by atoms with E-state index in [0.29, 0.717) is 16.4 Å². The van der Waals surface area contributed by atoms with Gasteiger partial charge in [-0.05, 0) is 43.2 Å². The second-order valence-corrected chi connectivity index (χ2v) is 5.37. The van der Waals surface area contributed by atoms with Crippen molar-refractivity contribution in [1.29, 1.82) is 0 Å². The quantitative estimate of drug-likeness (QED) is 0.781. The largest absolute Gasteiger partial charge is 0.319 e. The normalized spacial score (nSPS) is 10.8. The zero-order valence-electron chi connectivity index (χ0n) is 11.7. The summed E-state index contributed by atoms with van der Waals surface area (Å²) in [6.45, 7) is 3.89. The third kappa shape index (κ3) is 2.50. The molecule has 106 valence electrons. The summed E-state index contributed by atoms with van der Waals surface area (Å²) in [5.41, 5.74) is 3.89. The number of halogens is 1. The molecular formula is C16H14ClN3O. The topological polar surface area (TPSA) is 46.4 Å². The molecule has 0 bridgehead atoms. The van der Waals surface area contributed by atoms with E-state index in [1.807, 2.05) is 32.0 Å². The van der Waals surface area contributed by atoms with Crippen LogP contribution in [-0.4, -0.2) is 15.3 Å². The Balaban J connectivity index is 1.99. The minimum Gasteiger partial charge on any atom is -0.319 e. The highest BCUT2D eigenvalue weighted by Crippen LogP contribution is 2.27. The molecule has 1 amide bonds. The number of carbonyl (C=O) groups excluding carboxylic acids is 1. The molecule has 0 saturated heterocycles. The van der Waals surface area contributed by atoms with Gasteiger partial charge in [0.15, 0.2) is 0 Å². The Bertz CT molecular complexity index is 815. The second kappa shape index (κ2) is 5.22. The van der Waals surface area contributed by atoms with Gasteiger partial charge in [-0.2, -0.15) is 0 Å². The molecule has 0 aliphatic heterocycles. The lowest BCUT2D eigenvalue weighted by Crippen LogP contribution is -2.16. The molecule has 2 heterocycles. The van der Waals surface area contributed by atoms with Gasteiger partial charge in [-0.25, -0.2) is 4.98 Å². The van der Waals surface area contributed by atoms with Crippen LogP contribution < -0.4 is 5.32 Å². The van der Waals surface area contributed by atoms with Crippen LogP contribution in [0.5, 0.6) is 0 Å². The van der Waals surface area contributed by atoms with Crippen molar-refractivity contribution in [2.75, 3.05) is 5.32 Å². The molecule has 0 aliphatic rings. The molecule has 4 nitrogen and oxygen atoms in total. The Morgan fingerprint density at radius 1 is 1.29 bits per heavy atom. The first kappa shape index (κ1) is 13.6. The predicted molar refractivity (Wildman–Crippen MR) is 84.1 cm³/mol. The van der Waals surface area contributed by atoms with E-state index in [0.717, 1.165) is 16.8 Å². The van der Waals surface area contributed by atoms with Crippen molar-refractivity contribution in [2.24, 2.45) is 0 Å². The molecule has 0 radical (unpaired) electrons. The van der Waals surface area contributed by atoms with Crippen LogP contribution in [0.25, 0.3) is 5.65 Å². The number of pyridine rings is 1. The summed E-state index contributed by atoms with van der Waals surface area (Å²) < 4.78 is 1.74. The van der Waals surface area contributed by atoms with E-state index in [2.05, 4.69) is 10.3 Å². The molecular weight excluding hydrogens is 286 g/mol. The zero-order valence-corrected chi connectivity index (χ0v) is 12.5. The molecule has 0 fully saturated rings. The third-order valence-electron chi connectivity index (χ3n) is 3.33. The highest BCUT2D eigenvalue weighted by Gasteiger charge is 2.13. The Labute approximate surface area is 127 Å². The van der Waals surface area contributed by atoms with Crippen LogP contribution in [-0.2, 0) is 0 Å². The Hall–Kier alpha value is -2.33. The van der Waals surface area contributed by atoms with Gasteiger partial charge in [0.2, 0.25) is 0 Å². The number of carbonyl (C=O) groups is 1. The summed E-state index contributed by atoms with van der Waals surface area (Å²) in [7, 11) is 0. The number of aromatic nitrogens is 2. The number of hydrogen-bond acceptors (Lipinski definition) is 2. The summed E-state index contributed by atoms with van der Waals surface area (Å²) in [6.07, 6.45) is 3.42. The predicted octanol–water partition coefficient (Wildman–Crippen LogP) is 3.86. The molecule has 21 heavy (non-hydrogen) atoms. The molecule has 0 spiro atoms. The first-order chi connectivity index (χ1) is 10.1. The van der Waals surface area contributed by atoms with Gasteiger partial charge in [-0.1, -0.05) is 23.7 Å². The van der Waals surface area contributed by atoms with Crippen LogP contribution in [0.15, 0.2) is 42.7 Å². The van der Waals surface area contributed by atoms with Gasteiger partial charge in [0.25, 0.3) is 5.91 Å². The second-order valence-electron chi connectivity index (χ2n) is 4.96. The van der Waals surface area contributed by atoms with Crippen molar-refractivity contribution in [3.63, 3.8) is 0 Å². The number of anilines is 1. The lowest BCUT2D eigenvalue weighted by atomic mass is 10.1. The van der Waals surface area contributed by atoms with Crippen LogP contribution in [0.1, 0.15) is 21.6 Å². The lowest BCUT2D eigenvalue weighted by molar-refractivity contribution is 0.102. The first-order valence-corrected chi connectivity index (χ1v) is 6.94. The number of aryl methyl sites for hydroxylation is 2. The van der Waals surface area contributed by atoms with Gasteiger partial charge in [0.1, 0.15) is 11.3 Å². The number of benzene rings is 1. The summed E-state index contributed by atoms with van der Waals surface area (Å²) in [5, 5.41) is 3.42. The number of nitrogens with zero attached hydrogens (tertiary/aromatic N) is 2. The third-order valence-corrected chi connectivity index (χ3v) is 3.63. The van der Waals surface area contributed by atoms with E-state index in [9.17, 15) is 4.79 Å². The average molecular weight is 300 g/mol. The van der Waals surface area contributed by atoms with Crippen molar-refractivity contribution in [3.8, 4) is 0 Å². The summed E-state index contributed by atoms with van der Waals surface area (Å²) in [4.78, 5) is 16.7. The van der Waals surface area contributed by atoms with E-state index >= 15 is 0 Å². The maximum atomic E-state index is 12.5. The van der Waals surface area contributed by atoms with Crippen LogP contribution in [0.3, 0.4) is 0 Å². The van der Waals surface area contributed by atoms with Crippen LogP contribution in [0.2, 0.25) is 5.02 Å². The number of nitrogens with one attached hydrogen (secondary N) is 1. The average Bonchev–Trinajstić information content (AvgIpc) is 2.90. The fourth-order valence-corrected chi connectivity index (χ4v) is 2.75. The molecule has 0 aliphatic carbocycles. The highest BCUT2D eigenvalue weighted by molar-refractivity contribution is 6.34. The number of rotatable bonds is 2. The standard InChI is InChI=1S/C16H14ClN3O/c1-10-8-11(2)15(12(17)9-10)19-16(21)13-4-3-5-14-18-6-7-20(13)14/h3-9H,1-2H3,(H,19,21). The molecule has 2 aromatic heterocycles. The van der Waals surface area contributed by atoms with Gasteiger partial charge in [-0.15, -0.1) is 0 Å². The minimum absolute atomic E-state index is 0.215. The smallest absolute Gasteiger partial charge is 0.272 e. The highest BCUT2D eigenvalue weighted by atomic mass is 35.5. The monoisotopic (exact) mass is 299 g/mol. The molecule has 1 N–H and O–H groups in total. The maximum absolute atomic E-state index is 12.5. The van der Waals surface area contributed by atoms with Gasteiger partial charge in [-0.3, -0.25) is 9.20 Å². The van der Waals surface area contributed by atoms with Crippen LogP contribution >= 0.6 is 11.6 Å². The summed E-state index contributed by atoms with van der Waals surface area (Å²) >= 11 is 6.23. The number of hydrogen-bond donors (Lipinski definition) is 1. The van der Waals surface area contributed by atoms with Crippen molar-refractivity contribution in [1.82, 2.24) is 9.38 Å². The summed E-state index contributed by atoms with van der Waals surface area (Å²) in [5.74, 6) is -0.215. The van der Waals surface area contributed by atoms with Crippen molar-refractivity contribution in [2.45, 2.75) is 13.8 Å². The van der Waals surface area contributed by atoms with E-state index in [1.54, 1.807) is 28.9 Å². The van der Waals surface area contributed by atoms with Crippen molar-refractivity contribution < 1.29 is 4.79 Å². The molecule has 0 atom stereocenters. The van der Waals surface area contributed by atoms with E-state index < -0.39 is 0 Å². The van der Waals surface area contributed by atoms with Crippen molar-refractivity contribution >= 4 is 28.8 Å². The maximum Gasteiger partial charge on any atom is 0.272 e. The van der Waals surface area contributed by atoms with Crippen LogP contribution in [0, 0.1) is 13.8 Å². The summed E-state index contributed by atoms with van der Waals surface area (Å²) in [6, 6.07) is 9.23. The number of amides is 1. The molecule has 0 saturated carbocycles. The van der Waals surface area contributed by atoms with Gasteiger partial charge in [0.05, 0.1) is 10.7 Å². The fraction of sp³-hybridized carbons (Fsp3) is 0.125. The van der Waals surface area contributed by atoms with Gasteiger partial charge in [0, 0.05) is 12.4 Å². The minimum atomic E-state index is -0.215. The lowest BCUT2D eigenvalue weighted by Gasteiger charge is -2.12. The van der Waals surface area contributed by atoms with E-state index in [-0.39, 0.29) is 5.91 Å². The van der Waals surface area contributed by atoms with Crippen LogP contribution in [0.4, 0.5) is 5.69 Å². The van der Waals surface area contributed by atoms with E-state index in [1.165, 1.54) is 0 Å². The Morgan fingerprint density at radius 3 is 2.86 bits per heavy atom. The first-order valence-electron chi connectivity index (χ1n) is 6.56. The fourth-order valence-electron chi connectivity index (χ4n) is 2.38. The van der Waals surface area contributed by atoms with Gasteiger partial charge >= 0.3 is 0 Å². The SMILES string of the molecule is Cc1cc(C)c(NC(=O)c2cccc3nccn23)c(Cl)c1. The van der Waals surface area contributed by atoms with Crippen molar-refractivity contribution in [3.05, 3.63) is 64.6 Å². The molecule has 3 rings (SSSR count). The zero-order chi connectivity index (χ0) is 15.0. The molecule has 1 aromatic carbocycles. The molecule has 3 aromatic rings. The Morgan fingerprint density at radius 2 is 2.10 bits per heavy atom. The molecule has 5 heteroatoms. The number of imidazole rings is 1. The molecule has 0 unspecified atom stereocenters. The van der Waals surface area contributed by atoms with Gasteiger partial charge < -0.3 is 5.32 Å².